The van der Waals surface area contributed by atoms with Crippen molar-refractivity contribution in [1.29, 1.82) is 0 Å². The Morgan fingerprint density at radius 1 is 1.40 bits per heavy atom. The number of imide groups is 1. The van der Waals surface area contributed by atoms with Gasteiger partial charge >= 0.3 is 0 Å². The zero-order valence-electron chi connectivity index (χ0n) is 5.60. The zero-order chi connectivity index (χ0) is 7.02. The van der Waals surface area contributed by atoms with Crippen LogP contribution in [-0.4, -0.2) is 23.8 Å². The number of hydrogen-bond acceptors (Lipinski definition) is 2. The van der Waals surface area contributed by atoms with Gasteiger partial charge in [-0.3, -0.25) is 4.79 Å². The van der Waals surface area contributed by atoms with Crippen LogP contribution in [0.15, 0.2) is 5.57 Å². The summed E-state index contributed by atoms with van der Waals surface area (Å²) in [5, 5.41) is 0. The second-order valence-corrected chi connectivity index (χ2v) is 1.92. The molecule has 1 rings (SSSR count). The van der Waals surface area contributed by atoms with Crippen LogP contribution in [0.25, 0.3) is 0 Å². The van der Waals surface area contributed by atoms with E-state index in [4.69, 9.17) is 0 Å². The molecular weight excluding hydrogens is 221 g/mol. The third-order valence-corrected chi connectivity index (χ3v) is 1.22. The molecule has 0 aromatic heterocycles. The topological polar surface area (TPSA) is 37.4 Å². The molecule has 0 unspecified atom stereocenters. The molecule has 0 aromatic carbocycles. The molecule has 0 spiro atoms. The van der Waals surface area contributed by atoms with E-state index in [-0.39, 0.29) is 31.3 Å². The fourth-order valence-electron chi connectivity index (χ4n) is 0.642. The van der Waals surface area contributed by atoms with Gasteiger partial charge < -0.3 is 9.69 Å². The summed E-state index contributed by atoms with van der Waals surface area (Å²) in [5.41, 5.74) is 0.391. The number of amides is 2. The van der Waals surface area contributed by atoms with Crippen molar-refractivity contribution in [3.8, 4) is 0 Å². The van der Waals surface area contributed by atoms with Crippen LogP contribution < -0.4 is 0 Å². The van der Waals surface area contributed by atoms with Crippen LogP contribution in [0, 0.1) is 6.08 Å². The Labute approximate surface area is 71.8 Å². The van der Waals surface area contributed by atoms with Crippen LogP contribution >= 0.6 is 0 Å². The summed E-state index contributed by atoms with van der Waals surface area (Å²) in [5.74, 6) is -0.600. The number of likely N-dealkylation sites (N-methyl/N-ethyl adjacent to an activating group) is 1. The summed E-state index contributed by atoms with van der Waals surface area (Å²) >= 11 is 0. The standard InChI is InChI=1S/C6H6NO2.Rh/c1-4-3-5(8)7(2)6(4)9;/h1-2H3;/q-1;. The molecule has 1 heterocycles. The van der Waals surface area contributed by atoms with Gasteiger partial charge in [-0.25, -0.2) is 0 Å². The fourth-order valence-corrected chi connectivity index (χ4v) is 0.642. The van der Waals surface area contributed by atoms with Gasteiger partial charge in [-0.1, -0.05) is 6.92 Å². The van der Waals surface area contributed by atoms with Crippen molar-refractivity contribution in [2.24, 2.45) is 0 Å². The first-order valence-corrected chi connectivity index (χ1v) is 2.55. The molecule has 0 fully saturated rings. The van der Waals surface area contributed by atoms with Crippen molar-refractivity contribution >= 4 is 11.8 Å². The number of carbonyl (C=O) groups is 2. The first-order valence-electron chi connectivity index (χ1n) is 2.55. The van der Waals surface area contributed by atoms with Gasteiger partial charge in [-0.05, 0) is 7.05 Å². The molecule has 1 aliphatic rings. The normalized spacial score (nSPS) is 17.0. The Morgan fingerprint density at radius 3 is 2.00 bits per heavy atom. The minimum absolute atomic E-state index is 0. The molecule has 10 heavy (non-hydrogen) atoms. The summed E-state index contributed by atoms with van der Waals surface area (Å²) in [4.78, 5) is 22.3. The number of rotatable bonds is 0. The summed E-state index contributed by atoms with van der Waals surface area (Å²) in [6.07, 6.45) is 2.37. The van der Waals surface area contributed by atoms with Crippen LogP contribution in [0.1, 0.15) is 6.92 Å². The largest absolute Gasteiger partial charge is 0.383 e. The monoisotopic (exact) mass is 227 g/mol. The molecule has 1 aliphatic heterocycles. The first kappa shape index (κ1) is 9.50. The van der Waals surface area contributed by atoms with Gasteiger partial charge in [0, 0.05) is 19.5 Å². The van der Waals surface area contributed by atoms with Crippen molar-refractivity contribution in [3.63, 3.8) is 0 Å². The molecule has 0 bridgehead atoms. The van der Waals surface area contributed by atoms with E-state index in [0.29, 0.717) is 5.57 Å². The van der Waals surface area contributed by atoms with E-state index < -0.39 is 0 Å². The van der Waals surface area contributed by atoms with E-state index in [1.165, 1.54) is 7.05 Å². The van der Waals surface area contributed by atoms with E-state index in [9.17, 15) is 9.59 Å². The predicted octanol–water partition coefficient (Wildman–Crippen LogP) is -0.268. The fraction of sp³-hybridized carbons (Fsp3) is 0.333. The smallest absolute Gasteiger partial charge is 0.146 e. The quantitative estimate of drug-likeness (QED) is 0.324. The van der Waals surface area contributed by atoms with Gasteiger partial charge in [0.2, 0.25) is 0 Å². The van der Waals surface area contributed by atoms with Crippen LogP contribution in [0.3, 0.4) is 0 Å². The Hall–Kier alpha value is -0.497. The Kier molecular flexibility index (Phi) is 2.91. The third kappa shape index (κ3) is 1.32. The minimum atomic E-state index is -0.350. The van der Waals surface area contributed by atoms with Crippen molar-refractivity contribution < 1.29 is 29.1 Å². The molecular formula is C6H6NO2Rh-. The molecule has 0 saturated carbocycles. The summed E-state index contributed by atoms with van der Waals surface area (Å²) in [7, 11) is 1.44. The van der Waals surface area contributed by atoms with Gasteiger partial charge in [-0.15, -0.1) is 0 Å². The second-order valence-electron chi connectivity index (χ2n) is 1.92. The van der Waals surface area contributed by atoms with Crippen molar-refractivity contribution in [3.05, 3.63) is 11.6 Å². The zero-order valence-corrected chi connectivity index (χ0v) is 7.24. The maximum atomic E-state index is 10.7. The molecule has 0 atom stereocenters. The molecule has 0 aliphatic carbocycles. The molecule has 2 amide bonds. The maximum absolute atomic E-state index is 10.7. The molecule has 3 nitrogen and oxygen atoms in total. The van der Waals surface area contributed by atoms with E-state index in [0.717, 1.165) is 4.90 Å². The second kappa shape index (κ2) is 3.06. The number of carbonyl (C=O) groups excluding carboxylic acids is 2. The molecule has 1 radical (unpaired) electrons. The number of nitrogens with zero attached hydrogens (tertiary/aromatic N) is 1. The average Bonchev–Trinajstić information content (AvgIpc) is 1.98. The van der Waals surface area contributed by atoms with Crippen LogP contribution in [-0.2, 0) is 29.1 Å². The molecule has 0 N–H and O–H groups in total. The van der Waals surface area contributed by atoms with Crippen LogP contribution in [0.5, 0.6) is 0 Å². The minimum Gasteiger partial charge on any atom is -0.383 e. The van der Waals surface area contributed by atoms with E-state index in [1.807, 2.05) is 0 Å². The summed E-state index contributed by atoms with van der Waals surface area (Å²) in [6.45, 7) is 1.57. The Balaban J connectivity index is 0.000000810. The van der Waals surface area contributed by atoms with Gasteiger partial charge in [0.15, 0.2) is 0 Å². The van der Waals surface area contributed by atoms with Crippen LogP contribution in [0.2, 0.25) is 0 Å². The van der Waals surface area contributed by atoms with Crippen molar-refractivity contribution in [2.45, 2.75) is 6.92 Å². The Morgan fingerprint density at radius 2 is 1.90 bits per heavy atom. The van der Waals surface area contributed by atoms with E-state index in [2.05, 4.69) is 6.08 Å². The third-order valence-electron chi connectivity index (χ3n) is 1.22. The SMILES string of the molecule is CC1=[C-]C(=O)N(C)C1=O.[Rh]. The van der Waals surface area contributed by atoms with Crippen LogP contribution in [0.4, 0.5) is 0 Å². The summed E-state index contributed by atoms with van der Waals surface area (Å²) in [6, 6.07) is 0. The van der Waals surface area contributed by atoms with E-state index >= 15 is 0 Å². The summed E-state index contributed by atoms with van der Waals surface area (Å²) < 4.78 is 0. The predicted molar refractivity (Wildman–Crippen MR) is 30.2 cm³/mol. The van der Waals surface area contributed by atoms with Gasteiger partial charge in [0.25, 0.3) is 0 Å². The molecule has 57 valence electrons. The van der Waals surface area contributed by atoms with Crippen molar-refractivity contribution in [2.75, 3.05) is 7.05 Å². The number of hydrogen-bond donors (Lipinski definition) is 0. The van der Waals surface area contributed by atoms with E-state index in [1.54, 1.807) is 6.92 Å². The average molecular weight is 227 g/mol. The van der Waals surface area contributed by atoms with Gasteiger partial charge in [0.05, 0.1) is 5.91 Å². The first-order chi connectivity index (χ1) is 4.13. The molecule has 0 saturated heterocycles. The Bertz CT molecular complexity index is 210. The van der Waals surface area contributed by atoms with Gasteiger partial charge in [0.1, 0.15) is 5.91 Å². The van der Waals surface area contributed by atoms with Gasteiger partial charge in [-0.2, -0.15) is 11.6 Å². The van der Waals surface area contributed by atoms with Crippen molar-refractivity contribution in [1.82, 2.24) is 4.90 Å². The molecule has 0 aromatic rings. The molecule has 4 heteroatoms. The maximum Gasteiger partial charge on any atom is 0.146 e.